The smallest absolute Gasteiger partial charge is 0.335 e. The summed E-state index contributed by atoms with van der Waals surface area (Å²) < 4.78 is 10.8. The first-order valence-electron chi connectivity index (χ1n) is 10.1. The summed E-state index contributed by atoms with van der Waals surface area (Å²) in [5.74, 6) is 0.651. The van der Waals surface area contributed by atoms with E-state index in [1.807, 2.05) is 36.4 Å². The van der Waals surface area contributed by atoms with Gasteiger partial charge in [-0.1, -0.05) is 48.6 Å². The van der Waals surface area contributed by atoms with E-state index in [4.69, 9.17) is 14.6 Å². The molecular formula is C27H24O4. The summed E-state index contributed by atoms with van der Waals surface area (Å²) in [4.78, 5) is 11.0. The number of ether oxygens (including phenoxy) is 2. The molecule has 1 aliphatic carbocycles. The first-order chi connectivity index (χ1) is 15.1. The second-order valence-electron chi connectivity index (χ2n) is 7.47. The topological polar surface area (TPSA) is 55.8 Å². The highest BCUT2D eigenvalue weighted by molar-refractivity contribution is 5.88. The summed E-state index contributed by atoms with van der Waals surface area (Å²) >= 11 is 0. The standard InChI is InChI=1S/C27H24O4/c1-30-24-15-19(16-25(17-24)31-2)14-23-13-12-21-5-3-4-20(26(21)23)9-6-18-7-10-22(11-8-18)27(28)29/h3-11,13,15-17H,12,14H2,1-2H3,(H,28,29). The Morgan fingerprint density at radius 2 is 1.68 bits per heavy atom. The fraction of sp³-hybridized carbons (Fsp3) is 0.148. The Morgan fingerprint density at radius 3 is 2.32 bits per heavy atom. The normalized spacial score (nSPS) is 12.5. The zero-order valence-electron chi connectivity index (χ0n) is 17.6. The van der Waals surface area contributed by atoms with Crippen LogP contribution in [0.4, 0.5) is 0 Å². The number of hydrogen-bond acceptors (Lipinski definition) is 3. The lowest BCUT2D eigenvalue weighted by Crippen LogP contribution is -1.96. The molecule has 4 nitrogen and oxygen atoms in total. The van der Waals surface area contributed by atoms with Crippen LogP contribution in [0.1, 0.15) is 38.2 Å². The molecule has 0 amide bonds. The van der Waals surface area contributed by atoms with E-state index in [1.54, 1.807) is 26.4 Å². The van der Waals surface area contributed by atoms with Gasteiger partial charge in [-0.2, -0.15) is 0 Å². The molecule has 0 fully saturated rings. The van der Waals surface area contributed by atoms with Gasteiger partial charge >= 0.3 is 5.97 Å². The second kappa shape index (κ2) is 8.92. The van der Waals surface area contributed by atoms with E-state index in [9.17, 15) is 4.79 Å². The van der Waals surface area contributed by atoms with Gasteiger partial charge in [-0.3, -0.25) is 0 Å². The van der Waals surface area contributed by atoms with Crippen LogP contribution in [0.2, 0.25) is 0 Å². The molecule has 156 valence electrons. The average molecular weight is 412 g/mol. The third kappa shape index (κ3) is 4.53. The van der Waals surface area contributed by atoms with Crippen molar-refractivity contribution in [2.45, 2.75) is 12.8 Å². The van der Waals surface area contributed by atoms with E-state index in [0.29, 0.717) is 0 Å². The lowest BCUT2D eigenvalue weighted by atomic mass is 9.94. The predicted octanol–water partition coefficient (Wildman–Crippen LogP) is 5.75. The molecule has 1 aliphatic rings. The van der Waals surface area contributed by atoms with Gasteiger partial charge in [0.15, 0.2) is 0 Å². The van der Waals surface area contributed by atoms with Crippen molar-refractivity contribution in [3.05, 3.63) is 100 Å². The quantitative estimate of drug-likeness (QED) is 0.502. The number of carboxylic acid groups (broad SMARTS) is 1. The first kappa shape index (κ1) is 20.5. The minimum atomic E-state index is -0.916. The minimum absolute atomic E-state index is 0.289. The van der Waals surface area contributed by atoms with E-state index in [0.717, 1.165) is 41.0 Å². The molecule has 0 aromatic heterocycles. The number of benzene rings is 3. The van der Waals surface area contributed by atoms with Crippen molar-refractivity contribution in [2.24, 2.45) is 0 Å². The molecule has 0 aliphatic heterocycles. The maximum Gasteiger partial charge on any atom is 0.335 e. The Kier molecular flexibility index (Phi) is 5.89. The summed E-state index contributed by atoms with van der Waals surface area (Å²) in [5.41, 5.74) is 7.40. The van der Waals surface area contributed by atoms with Gasteiger partial charge in [-0.15, -0.1) is 0 Å². The van der Waals surface area contributed by atoms with E-state index in [-0.39, 0.29) is 5.56 Å². The molecule has 0 bridgehead atoms. The van der Waals surface area contributed by atoms with Crippen molar-refractivity contribution in [3.63, 3.8) is 0 Å². The van der Waals surface area contributed by atoms with Crippen molar-refractivity contribution < 1.29 is 19.4 Å². The Labute approximate surface area is 182 Å². The SMILES string of the molecule is COc1cc(CC2=CCc3cccc(C=Cc4ccc(C(=O)O)cc4)c32)cc(OC)c1. The van der Waals surface area contributed by atoms with Crippen molar-refractivity contribution >= 4 is 23.7 Å². The summed E-state index contributed by atoms with van der Waals surface area (Å²) in [6.45, 7) is 0. The van der Waals surface area contributed by atoms with Gasteiger partial charge in [-0.25, -0.2) is 4.79 Å². The molecule has 4 heteroatoms. The van der Waals surface area contributed by atoms with E-state index < -0.39 is 5.97 Å². The van der Waals surface area contributed by atoms with Crippen LogP contribution in [0.5, 0.6) is 11.5 Å². The van der Waals surface area contributed by atoms with Gasteiger partial charge in [0.1, 0.15) is 11.5 Å². The summed E-state index contributed by atoms with van der Waals surface area (Å²) in [5, 5.41) is 9.07. The Morgan fingerprint density at radius 1 is 0.968 bits per heavy atom. The summed E-state index contributed by atoms with van der Waals surface area (Å²) in [6, 6.07) is 19.2. The van der Waals surface area contributed by atoms with Crippen LogP contribution < -0.4 is 9.47 Å². The van der Waals surface area contributed by atoms with Crippen molar-refractivity contribution in [1.29, 1.82) is 0 Å². The number of allylic oxidation sites excluding steroid dienone is 2. The molecule has 0 atom stereocenters. The van der Waals surface area contributed by atoms with Crippen LogP contribution in [0.15, 0.2) is 66.7 Å². The number of carbonyl (C=O) groups is 1. The number of aromatic carboxylic acids is 1. The lowest BCUT2D eigenvalue weighted by Gasteiger charge is -2.12. The van der Waals surface area contributed by atoms with Gasteiger partial charge in [0, 0.05) is 6.07 Å². The lowest BCUT2D eigenvalue weighted by molar-refractivity contribution is 0.0697. The number of rotatable bonds is 7. The number of methoxy groups -OCH3 is 2. The van der Waals surface area contributed by atoms with Crippen LogP contribution in [0.3, 0.4) is 0 Å². The molecule has 0 saturated carbocycles. The monoisotopic (exact) mass is 412 g/mol. The van der Waals surface area contributed by atoms with Crippen LogP contribution in [-0.4, -0.2) is 25.3 Å². The average Bonchev–Trinajstić information content (AvgIpc) is 3.21. The second-order valence-corrected chi connectivity index (χ2v) is 7.47. The minimum Gasteiger partial charge on any atom is -0.497 e. The fourth-order valence-electron chi connectivity index (χ4n) is 3.93. The van der Waals surface area contributed by atoms with E-state index in [2.05, 4.69) is 30.4 Å². The molecule has 3 aromatic carbocycles. The molecule has 4 rings (SSSR count). The Bertz CT molecular complexity index is 1150. The maximum absolute atomic E-state index is 11.0. The summed E-state index contributed by atoms with van der Waals surface area (Å²) in [7, 11) is 3.32. The van der Waals surface area contributed by atoms with Crippen molar-refractivity contribution in [1.82, 2.24) is 0 Å². The number of hydrogen-bond donors (Lipinski definition) is 1. The highest BCUT2D eigenvalue weighted by Crippen LogP contribution is 2.35. The van der Waals surface area contributed by atoms with Crippen LogP contribution in [0.25, 0.3) is 17.7 Å². The molecular weight excluding hydrogens is 388 g/mol. The Balaban J connectivity index is 1.61. The third-order valence-electron chi connectivity index (χ3n) is 5.49. The molecule has 0 radical (unpaired) electrons. The van der Waals surface area contributed by atoms with Crippen LogP contribution in [0, 0.1) is 0 Å². The highest BCUT2D eigenvalue weighted by Gasteiger charge is 2.17. The molecule has 0 unspecified atom stereocenters. The molecule has 3 aromatic rings. The zero-order valence-corrected chi connectivity index (χ0v) is 17.6. The molecule has 0 saturated heterocycles. The summed E-state index contributed by atoms with van der Waals surface area (Å²) in [6.07, 6.45) is 8.11. The van der Waals surface area contributed by atoms with Gasteiger partial charge < -0.3 is 14.6 Å². The number of fused-ring (bicyclic) bond motifs is 1. The molecule has 0 spiro atoms. The van der Waals surface area contributed by atoms with Crippen molar-refractivity contribution in [3.8, 4) is 11.5 Å². The van der Waals surface area contributed by atoms with Crippen molar-refractivity contribution in [2.75, 3.05) is 14.2 Å². The molecule has 0 heterocycles. The fourth-order valence-corrected chi connectivity index (χ4v) is 3.93. The molecule has 1 N–H and O–H groups in total. The zero-order chi connectivity index (χ0) is 21.8. The predicted molar refractivity (Wildman–Crippen MR) is 124 cm³/mol. The Hall–Kier alpha value is -3.79. The van der Waals surface area contributed by atoms with Crippen LogP contribution in [-0.2, 0) is 12.8 Å². The van der Waals surface area contributed by atoms with E-state index >= 15 is 0 Å². The van der Waals surface area contributed by atoms with Gasteiger partial charge in [0.2, 0.25) is 0 Å². The third-order valence-corrected chi connectivity index (χ3v) is 5.49. The van der Waals surface area contributed by atoms with Gasteiger partial charge in [-0.05, 0) is 70.5 Å². The highest BCUT2D eigenvalue weighted by atomic mass is 16.5. The van der Waals surface area contributed by atoms with E-state index in [1.165, 1.54) is 16.7 Å². The van der Waals surface area contributed by atoms with Gasteiger partial charge in [0.05, 0.1) is 19.8 Å². The molecule has 31 heavy (non-hydrogen) atoms. The number of carboxylic acids is 1. The first-order valence-corrected chi connectivity index (χ1v) is 10.1. The largest absolute Gasteiger partial charge is 0.497 e. The maximum atomic E-state index is 11.0. The van der Waals surface area contributed by atoms with Crippen LogP contribution >= 0.6 is 0 Å². The van der Waals surface area contributed by atoms with Gasteiger partial charge in [0.25, 0.3) is 0 Å².